The van der Waals surface area contributed by atoms with Crippen molar-refractivity contribution < 1.29 is 9.21 Å². The lowest BCUT2D eigenvalue weighted by Crippen LogP contribution is -2.09. The van der Waals surface area contributed by atoms with Gasteiger partial charge in [-0.1, -0.05) is 0 Å². The molecule has 20 heavy (non-hydrogen) atoms. The van der Waals surface area contributed by atoms with E-state index in [-0.39, 0.29) is 5.76 Å². The number of hydrogen-bond acceptors (Lipinski definition) is 6. The number of rotatable bonds is 1. The predicted molar refractivity (Wildman–Crippen MR) is 71.3 cm³/mol. The Bertz CT molecular complexity index is 554. The summed E-state index contributed by atoms with van der Waals surface area (Å²) >= 11 is 0. The summed E-state index contributed by atoms with van der Waals surface area (Å²) in [4.78, 5) is 26.6. The minimum absolute atomic E-state index is 0.0538. The molecule has 0 aliphatic heterocycles. The van der Waals surface area contributed by atoms with Gasteiger partial charge in [0, 0.05) is 49.4 Å². The molecule has 1 aromatic rings. The van der Waals surface area contributed by atoms with Gasteiger partial charge < -0.3 is 10.2 Å². The molecule has 0 aromatic carbocycles. The quantitative estimate of drug-likeness (QED) is 0.825. The second-order valence-corrected chi connectivity index (χ2v) is 3.13. The van der Waals surface area contributed by atoms with Crippen LogP contribution in [0.15, 0.2) is 72.4 Å². The summed E-state index contributed by atoms with van der Waals surface area (Å²) in [6, 6.07) is 2.96. The average Bonchev–Trinajstić information content (AvgIpc) is 2.43. The Morgan fingerprint density at radius 3 is 2.05 bits per heavy atom. The van der Waals surface area contributed by atoms with Crippen LogP contribution in [-0.4, -0.2) is 25.8 Å². The van der Waals surface area contributed by atoms with Crippen molar-refractivity contribution in [2.45, 2.75) is 0 Å². The highest BCUT2D eigenvalue weighted by Gasteiger charge is 1.96. The van der Waals surface area contributed by atoms with E-state index < -0.39 is 5.91 Å². The van der Waals surface area contributed by atoms with Gasteiger partial charge in [-0.15, -0.1) is 0 Å². The molecule has 0 atom stereocenters. The number of carbonyl (C=O) groups is 1. The smallest absolute Gasteiger partial charge is 0.284 e. The second-order valence-electron chi connectivity index (χ2n) is 3.13. The van der Waals surface area contributed by atoms with Crippen molar-refractivity contribution >= 4 is 5.91 Å². The van der Waals surface area contributed by atoms with Crippen molar-refractivity contribution in [3.8, 4) is 0 Å². The van der Waals surface area contributed by atoms with Gasteiger partial charge in [0.05, 0.1) is 6.20 Å². The van der Waals surface area contributed by atoms with E-state index in [2.05, 4.69) is 19.9 Å². The molecule has 2 N–H and O–H groups in total. The van der Waals surface area contributed by atoms with Crippen molar-refractivity contribution in [1.82, 2.24) is 19.9 Å². The molecule has 1 aromatic heterocycles. The zero-order valence-corrected chi connectivity index (χ0v) is 10.5. The van der Waals surface area contributed by atoms with E-state index >= 15 is 0 Å². The fourth-order valence-corrected chi connectivity index (χ4v) is 0.920. The van der Waals surface area contributed by atoms with Gasteiger partial charge in [0.2, 0.25) is 0 Å². The fraction of sp³-hybridized carbons (Fsp3) is 0. The van der Waals surface area contributed by atoms with Crippen LogP contribution in [0, 0.1) is 0 Å². The molecule has 1 amide bonds. The van der Waals surface area contributed by atoms with Crippen molar-refractivity contribution in [3.63, 3.8) is 0 Å². The predicted octanol–water partition coefficient (Wildman–Crippen LogP) is 1.33. The summed E-state index contributed by atoms with van der Waals surface area (Å²) in [5.41, 5.74) is 5.14. The highest BCUT2D eigenvalue weighted by Crippen LogP contribution is 1.90. The molecule has 0 saturated heterocycles. The van der Waals surface area contributed by atoms with Crippen LogP contribution in [0.1, 0.15) is 10.6 Å². The molecule has 0 aliphatic carbocycles. The molecule has 1 heterocycles. The summed E-state index contributed by atoms with van der Waals surface area (Å²) in [5, 5.41) is 0. The molecular weight excluding hydrogens is 258 g/mol. The minimum atomic E-state index is -0.709. The van der Waals surface area contributed by atoms with Crippen molar-refractivity contribution in [3.05, 3.63) is 73.7 Å². The molecule has 0 fully saturated rings. The first-order valence-electron chi connectivity index (χ1n) is 5.54. The number of aromatic nitrogens is 4. The van der Waals surface area contributed by atoms with Gasteiger partial charge in [0.1, 0.15) is 6.26 Å². The van der Waals surface area contributed by atoms with E-state index in [1.807, 2.05) is 0 Å². The molecule has 0 bridgehead atoms. The number of nitrogens with zero attached hydrogens (tertiary/aromatic N) is 4. The van der Waals surface area contributed by atoms with Gasteiger partial charge in [0.15, 0.2) is 5.76 Å². The molecule has 7 nitrogen and oxygen atoms in total. The van der Waals surface area contributed by atoms with Crippen LogP contribution < -0.4 is 5.73 Å². The van der Waals surface area contributed by atoms with Gasteiger partial charge in [-0.05, 0) is 6.07 Å². The third kappa shape index (κ3) is 7.28. The van der Waals surface area contributed by atoms with Crippen LogP contribution in [0.4, 0.5) is 0 Å². The molecule has 0 spiro atoms. The van der Waals surface area contributed by atoms with Gasteiger partial charge in [-0.25, -0.2) is 0 Å². The number of amides is 1. The van der Waals surface area contributed by atoms with E-state index in [1.54, 1.807) is 6.07 Å². The normalized spacial score (nSPS) is 8.40. The number of hydrogen-bond donors (Lipinski definition) is 1. The second kappa shape index (κ2) is 9.89. The van der Waals surface area contributed by atoms with Gasteiger partial charge in [-0.2, -0.15) is 0 Å². The molecule has 1 rings (SSSR count). The fourth-order valence-electron chi connectivity index (χ4n) is 0.920. The van der Waals surface area contributed by atoms with Gasteiger partial charge in [-0.3, -0.25) is 24.7 Å². The highest BCUT2D eigenvalue weighted by molar-refractivity contribution is 5.89. The molecule has 0 radical (unpaired) electrons. The number of carbonyl (C=O) groups excluding carboxylic acids is 1. The Labute approximate surface area is 115 Å². The monoisotopic (exact) mass is 271 g/mol. The van der Waals surface area contributed by atoms with Crippen molar-refractivity contribution in [1.29, 1.82) is 0 Å². The van der Waals surface area contributed by atoms with Crippen LogP contribution >= 0.6 is 0 Å². The summed E-state index contributed by atoms with van der Waals surface area (Å²) in [6.07, 6.45) is 12.9. The number of nitrogens with two attached hydrogens (primary N) is 1. The maximum atomic E-state index is 11.1. The highest BCUT2D eigenvalue weighted by atomic mass is 16.3. The van der Waals surface area contributed by atoms with Crippen molar-refractivity contribution in [2.75, 3.05) is 0 Å². The van der Waals surface area contributed by atoms with Crippen LogP contribution in [0.5, 0.6) is 0 Å². The average molecular weight is 271 g/mol. The zero-order chi connectivity index (χ0) is 14.5. The van der Waals surface area contributed by atoms with Crippen LogP contribution in [0.2, 0.25) is 0 Å². The largest absolute Gasteiger partial charge is 0.458 e. The first-order valence-corrected chi connectivity index (χ1v) is 5.54. The first kappa shape index (κ1) is 15.0. The van der Waals surface area contributed by atoms with Crippen molar-refractivity contribution in [2.24, 2.45) is 5.73 Å². The summed E-state index contributed by atoms with van der Waals surface area (Å²) in [6.45, 7) is 0. The lowest BCUT2D eigenvalue weighted by molar-refractivity contribution is 0.0972. The third-order valence-corrected chi connectivity index (χ3v) is 1.72. The molecule has 0 aliphatic rings. The van der Waals surface area contributed by atoms with Crippen LogP contribution in [0.25, 0.3) is 0 Å². The van der Waals surface area contributed by atoms with E-state index in [1.165, 1.54) is 61.9 Å². The van der Waals surface area contributed by atoms with E-state index in [9.17, 15) is 4.79 Å². The van der Waals surface area contributed by atoms with E-state index in [4.69, 9.17) is 10.2 Å². The van der Waals surface area contributed by atoms with Crippen LogP contribution in [-0.2, 0) is 0 Å². The molecule has 0 unspecified atom stereocenters. The summed E-state index contributed by atoms with van der Waals surface area (Å²) < 4.78 is 5.02. The maximum Gasteiger partial charge on any atom is 0.284 e. The lowest BCUT2D eigenvalue weighted by Gasteiger charge is -1.86. The molecular formula is C13H13N5O2. The SMILES string of the molecule is NC(=O)c1ccncccnccnccncco1. The molecule has 7 heteroatoms. The summed E-state index contributed by atoms with van der Waals surface area (Å²) in [7, 11) is 0. The van der Waals surface area contributed by atoms with Gasteiger partial charge >= 0.3 is 0 Å². The Balaban J connectivity index is 3.25. The lowest BCUT2D eigenvalue weighted by atomic mass is 10.4. The minimum Gasteiger partial charge on any atom is -0.458 e. The molecule has 102 valence electrons. The van der Waals surface area contributed by atoms with Gasteiger partial charge in [0.25, 0.3) is 5.91 Å². The molecule has 0 saturated carbocycles. The number of primary amides is 1. The first-order chi connectivity index (χ1) is 9.80. The van der Waals surface area contributed by atoms with E-state index in [0.717, 1.165) is 0 Å². The third-order valence-electron chi connectivity index (χ3n) is 1.72. The Morgan fingerprint density at radius 2 is 1.40 bits per heavy atom. The Kier molecular flexibility index (Phi) is 7.40. The van der Waals surface area contributed by atoms with Crippen LogP contribution in [0.3, 0.4) is 0 Å². The maximum absolute atomic E-state index is 11.1. The topological polar surface area (TPSA) is 108 Å². The zero-order valence-electron chi connectivity index (χ0n) is 10.5. The standard InChI is InChI=1S/C13H13N5O2/c14-13(19)12-2-5-15-3-1-4-16-6-7-17-8-9-18-10-11-20-12/h1-11H,(H2,14,19). The summed E-state index contributed by atoms with van der Waals surface area (Å²) in [5.74, 6) is -0.763. The Hall–Kier alpha value is -3.09. The van der Waals surface area contributed by atoms with E-state index in [0.29, 0.717) is 0 Å². The Morgan fingerprint density at radius 1 is 0.850 bits per heavy atom.